The molecular weight excluding hydrogens is 492 g/mol. The molecule has 2 aromatic rings. The monoisotopic (exact) mass is 540 g/mol. The molecule has 2 rings (SSSR count). The second-order valence-electron chi connectivity index (χ2n) is 9.75. The molecule has 39 heavy (non-hydrogen) atoms. The molecule has 0 saturated carbocycles. The fraction of sp³-hybridized carbons (Fsp3) is 0.548. The van der Waals surface area contributed by atoms with Gasteiger partial charge >= 0.3 is 12.1 Å². The third kappa shape index (κ3) is 15.6. The summed E-state index contributed by atoms with van der Waals surface area (Å²) in [5, 5.41) is 11.5. The Bertz CT molecular complexity index is 844. The summed E-state index contributed by atoms with van der Waals surface area (Å²) in [4.78, 5) is 24.1. The summed E-state index contributed by atoms with van der Waals surface area (Å²) in [5.74, 6) is 1.27. The van der Waals surface area contributed by atoms with E-state index in [1.54, 1.807) is 48.5 Å². The molecule has 2 aromatic carbocycles. The average Bonchev–Trinajstić information content (AvgIpc) is 2.94. The Hall–Kier alpha value is -3.42. The number of anilines is 2. The van der Waals surface area contributed by atoms with Crippen LogP contribution in [0.25, 0.3) is 0 Å². The maximum absolute atomic E-state index is 12.0. The van der Waals surface area contributed by atoms with Gasteiger partial charge in [-0.2, -0.15) is 0 Å². The summed E-state index contributed by atoms with van der Waals surface area (Å²) in [6.45, 7) is 5.81. The van der Waals surface area contributed by atoms with Gasteiger partial charge in [0.2, 0.25) is 6.79 Å². The molecular formula is C31H48N4O4. The lowest BCUT2D eigenvalue weighted by Gasteiger charge is -2.11. The molecule has 0 spiro atoms. The van der Waals surface area contributed by atoms with Gasteiger partial charge in [-0.1, -0.05) is 78.1 Å². The van der Waals surface area contributed by atoms with Crippen molar-refractivity contribution in [2.24, 2.45) is 0 Å². The summed E-state index contributed by atoms with van der Waals surface area (Å²) in [5.41, 5.74) is 1.39. The normalized spacial score (nSPS) is 10.5. The van der Waals surface area contributed by atoms with Crippen LogP contribution in [0.4, 0.5) is 21.0 Å². The second-order valence-corrected chi connectivity index (χ2v) is 9.75. The Kier molecular flexibility index (Phi) is 16.7. The molecule has 0 heterocycles. The molecule has 0 radical (unpaired) electrons. The molecule has 216 valence electrons. The van der Waals surface area contributed by atoms with E-state index < -0.39 is 0 Å². The Morgan fingerprint density at radius 2 is 0.897 bits per heavy atom. The predicted octanol–water partition coefficient (Wildman–Crippen LogP) is 8.07. The summed E-state index contributed by atoms with van der Waals surface area (Å²) < 4.78 is 11.3. The molecule has 0 aliphatic heterocycles. The number of amides is 4. The van der Waals surface area contributed by atoms with E-state index in [1.807, 2.05) is 0 Å². The quantitative estimate of drug-likeness (QED) is 0.101. The van der Waals surface area contributed by atoms with Crippen LogP contribution < -0.4 is 30.7 Å². The number of unbranched alkanes of at least 4 members (excludes halogenated alkanes) is 10. The molecule has 0 fully saturated rings. The topological polar surface area (TPSA) is 101 Å². The van der Waals surface area contributed by atoms with Crippen LogP contribution in [0.15, 0.2) is 48.5 Å². The van der Waals surface area contributed by atoms with Crippen LogP contribution in [0.2, 0.25) is 0 Å². The first-order valence-electron chi connectivity index (χ1n) is 14.7. The van der Waals surface area contributed by atoms with E-state index >= 15 is 0 Å². The first-order chi connectivity index (χ1) is 19.1. The molecule has 0 unspecified atom stereocenters. The molecule has 0 saturated heterocycles. The summed E-state index contributed by atoms with van der Waals surface area (Å²) in [7, 11) is 0. The van der Waals surface area contributed by atoms with Crippen molar-refractivity contribution in [1.82, 2.24) is 10.6 Å². The fourth-order valence-electron chi connectivity index (χ4n) is 4.00. The van der Waals surface area contributed by atoms with Gasteiger partial charge < -0.3 is 30.7 Å². The highest BCUT2D eigenvalue weighted by atomic mass is 16.7. The highest BCUT2D eigenvalue weighted by Crippen LogP contribution is 2.18. The van der Waals surface area contributed by atoms with Crippen LogP contribution in [0.1, 0.15) is 90.9 Å². The smallest absolute Gasteiger partial charge is 0.319 e. The highest BCUT2D eigenvalue weighted by Gasteiger charge is 2.04. The Labute approximate surface area is 234 Å². The minimum atomic E-state index is -0.200. The summed E-state index contributed by atoms with van der Waals surface area (Å²) in [6, 6.07) is 13.9. The third-order valence-electron chi connectivity index (χ3n) is 6.31. The SMILES string of the molecule is CCCCCCCCNC(=O)Nc1ccc(OCOc2ccc(NC(=O)NCCCCCCCC)cc2)cc1. The lowest BCUT2D eigenvalue weighted by molar-refractivity contribution is 0.120. The van der Waals surface area contributed by atoms with E-state index in [0.29, 0.717) is 36.0 Å². The van der Waals surface area contributed by atoms with Gasteiger partial charge in [0.15, 0.2) is 0 Å². The maximum atomic E-state index is 12.0. The number of carbonyl (C=O) groups excluding carboxylic acids is 2. The Balaban J connectivity index is 1.57. The van der Waals surface area contributed by atoms with Gasteiger partial charge in [-0.3, -0.25) is 0 Å². The number of carbonyl (C=O) groups is 2. The van der Waals surface area contributed by atoms with Crippen molar-refractivity contribution in [1.29, 1.82) is 0 Å². The number of nitrogens with one attached hydrogen (secondary N) is 4. The Morgan fingerprint density at radius 3 is 1.28 bits per heavy atom. The van der Waals surface area contributed by atoms with Crippen LogP contribution >= 0.6 is 0 Å². The van der Waals surface area contributed by atoms with Gasteiger partial charge in [0.25, 0.3) is 0 Å². The van der Waals surface area contributed by atoms with Crippen molar-refractivity contribution in [3.8, 4) is 11.5 Å². The molecule has 0 aliphatic rings. The first-order valence-corrected chi connectivity index (χ1v) is 14.7. The molecule has 0 aromatic heterocycles. The fourth-order valence-corrected chi connectivity index (χ4v) is 4.00. The lowest BCUT2D eigenvalue weighted by Crippen LogP contribution is -2.29. The molecule has 0 aliphatic carbocycles. The zero-order valence-corrected chi connectivity index (χ0v) is 23.9. The molecule has 0 atom stereocenters. The number of hydrogen-bond acceptors (Lipinski definition) is 4. The van der Waals surface area contributed by atoms with Crippen LogP contribution in [0.3, 0.4) is 0 Å². The number of urea groups is 2. The van der Waals surface area contributed by atoms with Gasteiger partial charge in [0.05, 0.1) is 0 Å². The Morgan fingerprint density at radius 1 is 0.538 bits per heavy atom. The van der Waals surface area contributed by atoms with Crippen molar-refractivity contribution < 1.29 is 19.1 Å². The molecule has 0 bridgehead atoms. The van der Waals surface area contributed by atoms with Gasteiger partial charge in [0.1, 0.15) is 11.5 Å². The highest BCUT2D eigenvalue weighted by molar-refractivity contribution is 5.89. The number of ether oxygens (including phenoxy) is 2. The summed E-state index contributed by atoms with van der Waals surface area (Å²) >= 11 is 0. The average molecular weight is 541 g/mol. The second kappa shape index (κ2) is 20.5. The zero-order chi connectivity index (χ0) is 28.0. The van der Waals surface area contributed by atoms with Gasteiger partial charge in [-0.25, -0.2) is 9.59 Å². The van der Waals surface area contributed by atoms with E-state index in [1.165, 1.54) is 51.4 Å². The molecule has 4 N–H and O–H groups in total. The lowest BCUT2D eigenvalue weighted by atomic mass is 10.1. The maximum Gasteiger partial charge on any atom is 0.319 e. The molecule has 8 nitrogen and oxygen atoms in total. The van der Waals surface area contributed by atoms with E-state index in [2.05, 4.69) is 35.1 Å². The van der Waals surface area contributed by atoms with Crippen molar-refractivity contribution in [3.63, 3.8) is 0 Å². The van der Waals surface area contributed by atoms with E-state index in [9.17, 15) is 9.59 Å². The van der Waals surface area contributed by atoms with E-state index in [4.69, 9.17) is 9.47 Å². The van der Waals surface area contributed by atoms with Crippen molar-refractivity contribution in [3.05, 3.63) is 48.5 Å². The minimum absolute atomic E-state index is 0.0387. The zero-order valence-electron chi connectivity index (χ0n) is 23.9. The first kappa shape index (κ1) is 31.8. The van der Waals surface area contributed by atoms with Crippen LogP contribution in [-0.2, 0) is 0 Å². The van der Waals surface area contributed by atoms with Gasteiger partial charge in [-0.15, -0.1) is 0 Å². The van der Waals surface area contributed by atoms with Gasteiger partial charge in [-0.05, 0) is 61.4 Å². The summed E-state index contributed by atoms with van der Waals surface area (Å²) in [6.07, 6.45) is 14.3. The van der Waals surface area contributed by atoms with Crippen molar-refractivity contribution in [2.75, 3.05) is 30.5 Å². The van der Waals surface area contributed by atoms with Crippen molar-refractivity contribution in [2.45, 2.75) is 90.9 Å². The number of rotatable bonds is 20. The minimum Gasteiger partial charge on any atom is -0.458 e. The molecule has 8 heteroatoms. The number of hydrogen-bond donors (Lipinski definition) is 4. The number of benzene rings is 2. The standard InChI is InChI=1S/C31H48N4O4/c1-3-5-7-9-11-13-23-32-30(36)34-26-15-19-28(20-16-26)38-25-39-29-21-17-27(18-22-29)35-31(37)33-24-14-12-10-8-6-4-2/h15-22H,3-14,23-25H2,1-2H3,(H2,32,34,36)(H2,33,35,37). The van der Waals surface area contributed by atoms with E-state index in [-0.39, 0.29) is 18.9 Å². The largest absolute Gasteiger partial charge is 0.458 e. The molecule has 4 amide bonds. The van der Waals surface area contributed by atoms with Crippen molar-refractivity contribution >= 4 is 23.4 Å². The van der Waals surface area contributed by atoms with Crippen LogP contribution in [0.5, 0.6) is 11.5 Å². The predicted molar refractivity (Wildman–Crippen MR) is 160 cm³/mol. The van der Waals surface area contributed by atoms with Crippen LogP contribution in [0, 0.1) is 0 Å². The van der Waals surface area contributed by atoms with Crippen LogP contribution in [-0.4, -0.2) is 31.9 Å². The third-order valence-corrected chi connectivity index (χ3v) is 6.31. The van der Waals surface area contributed by atoms with E-state index in [0.717, 1.165) is 25.7 Å². The van der Waals surface area contributed by atoms with Gasteiger partial charge in [0, 0.05) is 24.5 Å².